The molecular formula is C12H22N4O. The van der Waals surface area contributed by atoms with Crippen molar-refractivity contribution in [1.82, 2.24) is 4.90 Å². The van der Waals surface area contributed by atoms with E-state index in [1.165, 1.54) is 19.3 Å². The second-order valence-corrected chi connectivity index (χ2v) is 5.49. The number of nitrogens with zero attached hydrogens (tertiary/aromatic N) is 4. The molecule has 5 nitrogen and oxygen atoms in total. The number of hydrogen-bond acceptors (Lipinski definition) is 3. The molecule has 2 heterocycles. The van der Waals surface area contributed by atoms with Crippen LogP contribution in [0.25, 0.3) is 10.4 Å². The van der Waals surface area contributed by atoms with E-state index in [4.69, 9.17) is 10.3 Å². The van der Waals surface area contributed by atoms with Gasteiger partial charge in [-0.05, 0) is 51.6 Å². The van der Waals surface area contributed by atoms with Crippen molar-refractivity contribution in [3.63, 3.8) is 0 Å². The summed E-state index contributed by atoms with van der Waals surface area (Å²) in [7, 11) is 0. The summed E-state index contributed by atoms with van der Waals surface area (Å²) >= 11 is 0. The Labute approximate surface area is 103 Å². The van der Waals surface area contributed by atoms with Crippen LogP contribution in [0.3, 0.4) is 0 Å². The molecule has 0 aliphatic carbocycles. The summed E-state index contributed by atoms with van der Waals surface area (Å²) in [5.74, 6) is 0. The molecule has 1 unspecified atom stereocenters. The first kappa shape index (κ1) is 12.7. The summed E-state index contributed by atoms with van der Waals surface area (Å²) in [6.07, 6.45) is 5.09. The van der Waals surface area contributed by atoms with Crippen LogP contribution in [0.5, 0.6) is 0 Å². The first-order chi connectivity index (χ1) is 8.18. The third-order valence-corrected chi connectivity index (χ3v) is 4.08. The molecule has 2 saturated heterocycles. The molecule has 2 aliphatic rings. The second-order valence-electron chi connectivity index (χ2n) is 5.49. The summed E-state index contributed by atoms with van der Waals surface area (Å²) in [5.41, 5.74) is 8.66. The van der Waals surface area contributed by atoms with Crippen molar-refractivity contribution in [1.29, 1.82) is 0 Å². The lowest BCUT2D eigenvalue weighted by Crippen LogP contribution is -2.47. The minimum Gasteiger partial charge on any atom is -0.377 e. The van der Waals surface area contributed by atoms with Crippen molar-refractivity contribution in [2.24, 2.45) is 5.11 Å². The minimum absolute atomic E-state index is 0.236. The normalized spacial score (nSPS) is 32.8. The third kappa shape index (κ3) is 2.57. The Hall–Kier alpha value is -0.770. The van der Waals surface area contributed by atoms with Crippen LogP contribution in [-0.4, -0.2) is 42.3 Å². The highest BCUT2D eigenvalue weighted by Gasteiger charge is 2.48. The van der Waals surface area contributed by atoms with E-state index in [0.29, 0.717) is 18.7 Å². The summed E-state index contributed by atoms with van der Waals surface area (Å²) in [6.45, 7) is 6.75. The average molecular weight is 238 g/mol. The summed E-state index contributed by atoms with van der Waals surface area (Å²) in [4.78, 5) is 5.41. The molecule has 2 atom stereocenters. The Bertz CT molecular complexity index is 314. The first-order valence-corrected chi connectivity index (χ1v) is 6.57. The van der Waals surface area contributed by atoms with Crippen molar-refractivity contribution >= 4 is 0 Å². The van der Waals surface area contributed by atoms with E-state index >= 15 is 0 Å². The summed E-state index contributed by atoms with van der Waals surface area (Å²) in [5, 5.41) is 3.74. The molecule has 0 aromatic heterocycles. The van der Waals surface area contributed by atoms with Gasteiger partial charge in [0.15, 0.2) is 0 Å². The first-order valence-electron chi connectivity index (χ1n) is 6.57. The standard InChI is InChI=1S/C12H22N4O/c1-10(2)17-9-12-5-3-7-16(12)11(4-6-12)8-14-15-13/h10-11H,3-9H2,1-2H3/t11-,12?/m0/s1. The molecule has 2 rings (SSSR count). The van der Waals surface area contributed by atoms with E-state index in [1.807, 2.05) is 0 Å². The number of azide groups is 1. The number of rotatable bonds is 5. The molecule has 0 N–H and O–H groups in total. The fraction of sp³-hybridized carbons (Fsp3) is 1.00. The highest BCUT2D eigenvalue weighted by molar-refractivity contribution is 5.05. The van der Waals surface area contributed by atoms with Crippen molar-refractivity contribution < 1.29 is 4.74 Å². The van der Waals surface area contributed by atoms with Crippen LogP contribution in [0, 0.1) is 0 Å². The fourth-order valence-corrected chi connectivity index (χ4v) is 3.26. The lowest BCUT2D eigenvalue weighted by Gasteiger charge is -2.35. The Morgan fingerprint density at radius 3 is 3.06 bits per heavy atom. The molecule has 0 bridgehead atoms. The van der Waals surface area contributed by atoms with Crippen LogP contribution in [0.1, 0.15) is 39.5 Å². The Morgan fingerprint density at radius 1 is 1.53 bits per heavy atom. The van der Waals surface area contributed by atoms with Crippen LogP contribution in [0.2, 0.25) is 0 Å². The monoisotopic (exact) mass is 238 g/mol. The van der Waals surface area contributed by atoms with Gasteiger partial charge in [0.1, 0.15) is 0 Å². The molecule has 2 fully saturated rings. The Morgan fingerprint density at radius 2 is 2.35 bits per heavy atom. The lowest BCUT2D eigenvalue weighted by atomic mass is 9.95. The zero-order valence-corrected chi connectivity index (χ0v) is 10.8. The highest BCUT2D eigenvalue weighted by atomic mass is 16.5. The van der Waals surface area contributed by atoms with E-state index in [-0.39, 0.29) is 5.54 Å². The predicted octanol–water partition coefficient (Wildman–Crippen LogP) is 2.72. The van der Waals surface area contributed by atoms with Crippen LogP contribution in [0.4, 0.5) is 0 Å². The number of ether oxygens (including phenoxy) is 1. The van der Waals surface area contributed by atoms with E-state index in [9.17, 15) is 0 Å². The fourth-order valence-electron chi connectivity index (χ4n) is 3.26. The van der Waals surface area contributed by atoms with E-state index in [2.05, 4.69) is 28.8 Å². The Kier molecular flexibility index (Phi) is 3.92. The average Bonchev–Trinajstić information content (AvgIpc) is 2.83. The van der Waals surface area contributed by atoms with Gasteiger partial charge in [0.2, 0.25) is 0 Å². The van der Waals surface area contributed by atoms with Crippen LogP contribution in [0.15, 0.2) is 5.11 Å². The van der Waals surface area contributed by atoms with Crippen LogP contribution < -0.4 is 0 Å². The third-order valence-electron chi connectivity index (χ3n) is 4.08. The van der Waals surface area contributed by atoms with Gasteiger partial charge in [-0.3, -0.25) is 4.90 Å². The zero-order valence-electron chi connectivity index (χ0n) is 10.8. The van der Waals surface area contributed by atoms with Gasteiger partial charge >= 0.3 is 0 Å². The van der Waals surface area contributed by atoms with E-state index in [0.717, 1.165) is 19.6 Å². The van der Waals surface area contributed by atoms with E-state index < -0.39 is 0 Å². The maximum atomic E-state index is 8.42. The maximum absolute atomic E-state index is 8.42. The highest BCUT2D eigenvalue weighted by Crippen LogP contribution is 2.42. The molecular weight excluding hydrogens is 216 g/mol. The van der Waals surface area contributed by atoms with Crippen molar-refractivity contribution in [3.05, 3.63) is 10.4 Å². The SMILES string of the molecule is CC(C)OCC12CCCN1[C@H](CN=[N+]=[N-])CC2. The zero-order chi connectivity index (χ0) is 12.3. The van der Waals surface area contributed by atoms with Crippen molar-refractivity contribution in [2.75, 3.05) is 19.7 Å². The molecule has 0 radical (unpaired) electrons. The van der Waals surface area contributed by atoms with Crippen molar-refractivity contribution in [3.8, 4) is 0 Å². The van der Waals surface area contributed by atoms with E-state index in [1.54, 1.807) is 0 Å². The van der Waals surface area contributed by atoms with Crippen molar-refractivity contribution in [2.45, 2.75) is 57.2 Å². The second kappa shape index (κ2) is 5.25. The maximum Gasteiger partial charge on any atom is 0.0654 e. The lowest BCUT2D eigenvalue weighted by molar-refractivity contribution is -0.00425. The summed E-state index contributed by atoms with van der Waals surface area (Å²) in [6, 6.07) is 0.434. The number of hydrogen-bond donors (Lipinski definition) is 0. The Balaban J connectivity index is 1.99. The summed E-state index contributed by atoms with van der Waals surface area (Å²) < 4.78 is 5.84. The van der Waals surface area contributed by atoms with Crippen LogP contribution >= 0.6 is 0 Å². The van der Waals surface area contributed by atoms with Gasteiger partial charge in [0.05, 0.1) is 12.7 Å². The molecule has 17 heavy (non-hydrogen) atoms. The quantitative estimate of drug-likeness (QED) is 0.420. The van der Waals surface area contributed by atoms with Gasteiger partial charge in [-0.1, -0.05) is 5.11 Å². The molecule has 0 saturated carbocycles. The topological polar surface area (TPSA) is 61.2 Å². The molecule has 96 valence electrons. The molecule has 0 amide bonds. The van der Waals surface area contributed by atoms with Gasteiger partial charge in [0, 0.05) is 23.0 Å². The van der Waals surface area contributed by atoms with Crippen LogP contribution in [-0.2, 0) is 4.74 Å². The smallest absolute Gasteiger partial charge is 0.0654 e. The van der Waals surface area contributed by atoms with Gasteiger partial charge in [-0.2, -0.15) is 0 Å². The minimum atomic E-state index is 0.236. The molecule has 0 aromatic carbocycles. The van der Waals surface area contributed by atoms with Gasteiger partial charge in [0.25, 0.3) is 0 Å². The van der Waals surface area contributed by atoms with Gasteiger partial charge in [-0.25, -0.2) is 0 Å². The largest absolute Gasteiger partial charge is 0.377 e. The van der Waals surface area contributed by atoms with Gasteiger partial charge < -0.3 is 4.74 Å². The molecule has 0 spiro atoms. The molecule has 5 heteroatoms. The molecule has 2 aliphatic heterocycles. The molecule has 0 aromatic rings. The number of fused-ring (bicyclic) bond motifs is 1. The van der Waals surface area contributed by atoms with Gasteiger partial charge in [-0.15, -0.1) is 0 Å². The predicted molar refractivity (Wildman–Crippen MR) is 66.8 cm³/mol.